The Morgan fingerprint density at radius 1 is 1.50 bits per heavy atom. The van der Waals surface area contributed by atoms with E-state index in [1.54, 1.807) is 31.0 Å². The largest absolute Gasteiger partial charge is 0.459 e. The number of nitrogens with zero attached hydrogens (tertiary/aromatic N) is 1. The van der Waals surface area contributed by atoms with Crippen LogP contribution in [0.5, 0.6) is 0 Å². The van der Waals surface area contributed by atoms with Crippen molar-refractivity contribution in [2.45, 2.75) is 26.8 Å². The van der Waals surface area contributed by atoms with E-state index in [2.05, 4.69) is 5.32 Å². The number of rotatable bonds is 6. The fraction of sp³-hybridized carbons (Fsp3) is 0.571. The van der Waals surface area contributed by atoms with Gasteiger partial charge in [0, 0.05) is 13.6 Å². The Bertz CT molecular complexity index is 454. The van der Waals surface area contributed by atoms with Crippen molar-refractivity contribution in [1.82, 2.24) is 10.2 Å². The Balaban J connectivity index is 2.56. The van der Waals surface area contributed by atoms with Gasteiger partial charge in [0.05, 0.1) is 6.26 Å². The quantitative estimate of drug-likeness (QED) is 0.808. The number of hydrogen-bond donors (Lipinski definition) is 2. The predicted molar refractivity (Wildman–Crippen MR) is 76.1 cm³/mol. The van der Waals surface area contributed by atoms with Crippen LogP contribution in [0, 0.1) is 5.41 Å². The summed E-state index contributed by atoms with van der Waals surface area (Å²) in [5.74, 6) is -0.372. The van der Waals surface area contributed by atoms with Gasteiger partial charge in [0.15, 0.2) is 5.76 Å². The maximum atomic E-state index is 12.2. The number of nitrogens with two attached hydrogens (primary N) is 1. The van der Waals surface area contributed by atoms with E-state index in [0.717, 1.165) is 0 Å². The Morgan fingerprint density at radius 3 is 2.65 bits per heavy atom. The van der Waals surface area contributed by atoms with Crippen LogP contribution in [0.2, 0.25) is 0 Å². The first-order valence-electron chi connectivity index (χ1n) is 6.56. The molecule has 0 saturated heterocycles. The molecule has 1 heterocycles. The van der Waals surface area contributed by atoms with Gasteiger partial charge in [-0.3, -0.25) is 9.59 Å². The lowest BCUT2D eigenvalue weighted by atomic mass is 9.93. The lowest BCUT2D eigenvalue weighted by Gasteiger charge is -2.30. The summed E-state index contributed by atoms with van der Waals surface area (Å²) in [6.07, 6.45) is 1.41. The van der Waals surface area contributed by atoms with E-state index in [1.807, 2.05) is 13.8 Å². The second-order valence-electron chi connectivity index (χ2n) is 5.74. The van der Waals surface area contributed by atoms with Crippen molar-refractivity contribution >= 4 is 11.8 Å². The molecule has 0 spiro atoms. The van der Waals surface area contributed by atoms with Gasteiger partial charge in [-0.05, 0) is 31.0 Å². The Labute approximate surface area is 119 Å². The molecule has 6 heteroatoms. The van der Waals surface area contributed by atoms with Crippen LogP contribution in [-0.2, 0) is 4.79 Å². The zero-order valence-electron chi connectivity index (χ0n) is 12.5. The number of hydrogen-bond acceptors (Lipinski definition) is 4. The molecule has 3 N–H and O–H groups in total. The molecule has 0 aliphatic rings. The molecule has 0 saturated carbocycles. The zero-order valence-corrected chi connectivity index (χ0v) is 12.5. The first-order valence-corrected chi connectivity index (χ1v) is 6.56. The van der Waals surface area contributed by atoms with Crippen molar-refractivity contribution in [3.63, 3.8) is 0 Å². The third-order valence-corrected chi connectivity index (χ3v) is 3.06. The molecule has 2 amide bonds. The van der Waals surface area contributed by atoms with E-state index in [9.17, 15) is 9.59 Å². The minimum absolute atomic E-state index is 0.158. The van der Waals surface area contributed by atoms with Crippen molar-refractivity contribution in [2.75, 3.05) is 20.1 Å². The second kappa shape index (κ2) is 6.56. The van der Waals surface area contributed by atoms with Crippen LogP contribution in [0.4, 0.5) is 0 Å². The maximum absolute atomic E-state index is 12.2. The van der Waals surface area contributed by atoms with E-state index < -0.39 is 11.9 Å². The first kappa shape index (κ1) is 16.2. The van der Waals surface area contributed by atoms with Gasteiger partial charge in [-0.2, -0.15) is 0 Å². The minimum Gasteiger partial charge on any atom is -0.459 e. The van der Waals surface area contributed by atoms with Gasteiger partial charge in [-0.25, -0.2) is 0 Å². The molecular weight excluding hydrogens is 258 g/mol. The van der Waals surface area contributed by atoms with E-state index in [-0.39, 0.29) is 17.1 Å². The van der Waals surface area contributed by atoms with Crippen molar-refractivity contribution in [2.24, 2.45) is 11.1 Å². The molecule has 1 aromatic heterocycles. The second-order valence-corrected chi connectivity index (χ2v) is 5.74. The van der Waals surface area contributed by atoms with Crippen molar-refractivity contribution in [3.05, 3.63) is 24.2 Å². The number of likely N-dealkylation sites (N-methyl/N-ethyl adjacent to an activating group) is 1. The molecular formula is C14H23N3O3. The number of nitrogens with one attached hydrogen (secondary N) is 1. The molecule has 0 bridgehead atoms. The van der Waals surface area contributed by atoms with Crippen molar-refractivity contribution < 1.29 is 14.0 Å². The lowest BCUT2D eigenvalue weighted by Crippen LogP contribution is -2.48. The van der Waals surface area contributed by atoms with E-state index in [0.29, 0.717) is 13.1 Å². The summed E-state index contributed by atoms with van der Waals surface area (Å²) < 4.78 is 4.98. The molecule has 1 unspecified atom stereocenters. The van der Waals surface area contributed by atoms with Gasteiger partial charge in [0.2, 0.25) is 5.91 Å². The van der Waals surface area contributed by atoms with Gasteiger partial charge in [-0.1, -0.05) is 13.8 Å². The standard InChI is InChI=1S/C14H23N3O3/c1-10(16-12(18)11-6-5-7-20-11)13(19)17(4)9-14(2,3)8-15/h5-7,10H,8-9,15H2,1-4H3,(H,16,18). The Kier molecular flexibility index (Phi) is 5.33. The fourth-order valence-corrected chi connectivity index (χ4v) is 1.85. The zero-order chi connectivity index (χ0) is 15.3. The third-order valence-electron chi connectivity index (χ3n) is 3.06. The molecule has 0 radical (unpaired) electrons. The van der Waals surface area contributed by atoms with Crippen LogP contribution < -0.4 is 11.1 Å². The van der Waals surface area contributed by atoms with Crippen LogP contribution in [0.25, 0.3) is 0 Å². The van der Waals surface area contributed by atoms with E-state index >= 15 is 0 Å². The number of amides is 2. The van der Waals surface area contributed by atoms with Crippen LogP contribution in [0.3, 0.4) is 0 Å². The molecule has 0 aromatic carbocycles. The summed E-state index contributed by atoms with van der Waals surface area (Å²) in [5.41, 5.74) is 5.50. The van der Waals surface area contributed by atoms with Gasteiger partial charge >= 0.3 is 0 Å². The van der Waals surface area contributed by atoms with Crippen LogP contribution in [0.15, 0.2) is 22.8 Å². The Hall–Kier alpha value is -1.82. The summed E-state index contributed by atoms with van der Waals surface area (Å²) in [6, 6.07) is 2.55. The molecule has 112 valence electrons. The van der Waals surface area contributed by atoms with E-state index in [4.69, 9.17) is 10.2 Å². The molecule has 6 nitrogen and oxygen atoms in total. The third kappa shape index (κ3) is 4.38. The number of carbonyl (C=O) groups excluding carboxylic acids is 2. The highest BCUT2D eigenvalue weighted by molar-refractivity contribution is 5.95. The monoisotopic (exact) mass is 281 g/mol. The summed E-state index contributed by atoms with van der Waals surface area (Å²) >= 11 is 0. The molecule has 20 heavy (non-hydrogen) atoms. The van der Waals surface area contributed by atoms with Gasteiger partial charge in [0.1, 0.15) is 6.04 Å². The van der Waals surface area contributed by atoms with E-state index in [1.165, 1.54) is 6.26 Å². The van der Waals surface area contributed by atoms with Crippen LogP contribution in [0.1, 0.15) is 31.3 Å². The van der Waals surface area contributed by atoms with Crippen molar-refractivity contribution in [1.29, 1.82) is 0 Å². The predicted octanol–water partition coefficient (Wildman–Crippen LogP) is 0.841. The maximum Gasteiger partial charge on any atom is 0.287 e. The topological polar surface area (TPSA) is 88.6 Å². The molecule has 1 atom stereocenters. The Morgan fingerprint density at radius 2 is 2.15 bits per heavy atom. The molecule has 0 aliphatic carbocycles. The van der Waals surface area contributed by atoms with Crippen LogP contribution in [-0.4, -0.2) is 42.9 Å². The first-order chi connectivity index (χ1) is 9.26. The number of carbonyl (C=O) groups is 2. The SMILES string of the molecule is CC(NC(=O)c1ccco1)C(=O)N(C)CC(C)(C)CN. The minimum atomic E-state index is -0.619. The summed E-state index contributed by atoms with van der Waals surface area (Å²) in [6.45, 7) is 6.64. The summed E-state index contributed by atoms with van der Waals surface area (Å²) in [7, 11) is 1.70. The molecule has 1 aromatic rings. The molecule has 1 rings (SSSR count). The average Bonchev–Trinajstić information content (AvgIpc) is 2.91. The van der Waals surface area contributed by atoms with Gasteiger partial charge in [0.25, 0.3) is 5.91 Å². The molecule has 0 fully saturated rings. The van der Waals surface area contributed by atoms with Gasteiger partial charge in [-0.15, -0.1) is 0 Å². The van der Waals surface area contributed by atoms with Crippen LogP contribution >= 0.6 is 0 Å². The summed E-state index contributed by atoms with van der Waals surface area (Å²) in [4.78, 5) is 25.6. The van der Waals surface area contributed by atoms with Crippen molar-refractivity contribution in [3.8, 4) is 0 Å². The fourth-order valence-electron chi connectivity index (χ4n) is 1.85. The summed E-state index contributed by atoms with van der Waals surface area (Å²) in [5, 5.41) is 2.61. The normalized spacial score (nSPS) is 12.8. The number of furan rings is 1. The molecule has 0 aliphatic heterocycles. The lowest BCUT2D eigenvalue weighted by molar-refractivity contribution is -0.132. The highest BCUT2D eigenvalue weighted by atomic mass is 16.3. The highest BCUT2D eigenvalue weighted by Crippen LogP contribution is 2.14. The average molecular weight is 281 g/mol. The smallest absolute Gasteiger partial charge is 0.287 e. The van der Waals surface area contributed by atoms with Gasteiger partial charge < -0.3 is 20.4 Å². The highest BCUT2D eigenvalue weighted by Gasteiger charge is 2.25.